The van der Waals surface area contributed by atoms with Crippen LogP contribution in [-0.2, 0) is 11.2 Å². The summed E-state index contributed by atoms with van der Waals surface area (Å²) in [6, 6.07) is 15.1. The first-order valence-corrected chi connectivity index (χ1v) is 12.1. The zero-order valence-electron chi connectivity index (χ0n) is 18.8. The first-order chi connectivity index (χ1) is 15.5. The van der Waals surface area contributed by atoms with Gasteiger partial charge in [-0.2, -0.15) is 0 Å². The van der Waals surface area contributed by atoms with E-state index in [0.717, 1.165) is 29.0 Å². The molecule has 0 saturated heterocycles. The molecule has 0 saturated carbocycles. The van der Waals surface area contributed by atoms with E-state index in [9.17, 15) is 9.59 Å². The van der Waals surface area contributed by atoms with E-state index in [0.29, 0.717) is 18.0 Å². The number of carbonyl (C=O) groups excluding carboxylic acids is 2. The van der Waals surface area contributed by atoms with E-state index in [-0.39, 0.29) is 23.9 Å². The average Bonchev–Trinajstić information content (AvgIpc) is 3.48. The molecule has 0 aliphatic carbocycles. The third-order valence-corrected chi connectivity index (χ3v) is 6.85. The van der Waals surface area contributed by atoms with Crippen LogP contribution in [0.25, 0.3) is 0 Å². The number of hydrogen-bond acceptors (Lipinski definition) is 4. The molecule has 1 aliphatic rings. The summed E-state index contributed by atoms with van der Waals surface area (Å²) < 4.78 is 5.43. The van der Waals surface area contributed by atoms with Gasteiger partial charge in [0.1, 0.15) is 5.76 Å². The van der Waals surface area contributed by atoms with Crippen molar-refractivity contribution in [1.29, 1.82) is 0 Å². The predicted molar refractivity (Wildman–Crippen MR) is 127 cm³/mol. The minimum absolute atomic E-state index is 0.00242. The Bertz CT molecular complexity index is 1040. The largest absolute Gasteiger partial charge is 0.469 e. The summed E-state index contributed by atoms with van der Waals surface area (Å²) >= 11 is 1.60. The molecule has 0 spiro atoms. The van der Waals surface area contributed by atoms with Crippen LogP contribution in [0.5, 0.6) is 0 Å². The number of thiophene rings is 1. The number of rotatable bonds is 8. The average molecular weight is 451 g/mol. The molecule has 1 aliphatic heterocycles. The van der Waals surface area contributed by atoms with Crippen LogP contribution in [0, 0.1) is 5.92 Å². The normalized spacial score (nSPS) is 19.1. The summed E-state index contributed by atoms with van der Waals surface area (Å²) in [7, 11) is 0. The molecular weight excluding hydrogens is 420 g/mol. The molecule has 0 unspecified atom stereocenters. The van der Waals surface area contributed by atoms with Gasteiger partial charge in [-0.25, -0.2) is 0 Å². The molecule has 0 radical (unpaired) electrons. The summed E-state index contributed by atoms with van der Waals surface area (Å²) in [6.45, 7) is 6.83. The molecule has 3 aromatic rings. The quantitative estimate of drug-likeness (QED) is 0.499. The van der Waals surface area contributed by atoms with Crippen molar-refractivity contribution in [3.8, 4) is 0 Å². The molecule has 2 amide bonds. The highest BCUT2D eigenvalue weighted by molar-refractivity contribution is 7.10. The standard InChI is InChI=1S/C26H30N2O3S/c1-17(2)16-28-24(22-11-7-15-32-22)23(20-9-4-5-10-21(20)26(28)30)25(29)27-18(3)12-13-19-8-6-14-31-19/h4-11,14-15,17-18,23-24H,12-13,16H2,1-3H3,(H,27,29)/t18-,23-,24-/m0/s1. The number of aryl methyl sites for hydroxylation is 1. The lowest BCUT2D eigenvalue weighted by Gasteiger charge is -2.42. The van der Waals surface area contributed by atoms with E-state index < -0.39 is 5.92 Å². The fraction of sp³-hybridized carbons (Fsp3) is 0.385. The fourth-order valence-corrected chi connectivity index (χ4v) is 5.34. The van der Waals surface area contributed by atoms with Gasteiger partial charge in [0.25, 0.3) is 5.91 Å². The molecule has 3 heterocycles. The molecule has 0 bridgehead atoms. The van der Waals surface area contributed by atoms with E-state index in [2.05, 4.69) is 19.2 Å². The van der Waals surface area contributed by atoms with E-state index >= 15 is 0 Å². The van der Waals surface area contributed by atoms with Crippen LogP contribution < -0.4 is 5.32 Å². The highest BCUT2D eigenvalue weighted by Gasteiger charge is 2.44. The van der Waals surface area contributed by atoms with Gasteiger partial charge in [0.2, 0.25) is 5.91 Å². The second-order valence-corrected chi connectivity index (χ2v) is 9.88. The number of fused-ring (bicyclic) bond motifs is 1. The Morgan fingerprint density at radius 1 is 1.12 bits per heavy atom. The molecule has 3 atom stereocenters. The van der Waals surface area contributed by atoms with Gasteiger partial charge in [-0.3, -0.25) is 9.59 Å². The molecule has 168 valence electrons. The number of carbonyl (C=O) groups is 2. The predicted octanol–water partition coefficient (Wildman–Crippen LogP) is 5.42. The van der Waals surface area contributed by atoms with Crippen LogP contribution in [0.3, 0.4) is 0 Å². The van der Waals surface area contributed by atoms with E-state index in [1.54, 1.807) is 17.6 Å². The monoisotopic (exact) mass is 450 g/mol. The van der Waals surface area contributed by atoms with Gasteiger partial charge in [0.15, 0.2) is 0 Å². The number of hydrogen-bond donors (Lipinski definition) is 1. The Hall–Kier alpha value is -2.86. The number of amides is 2. The Kier molecular flexibility index (Phi) is 6.80. The van der Waals surface area contributed by atoms with Gasteiger partial charge in [-0.1, -0.05) is 38.1 Å². The molecular formula is C26H30N2O3S. The van der Waals surface area contributed by atoms with Crippen molar-refractivity contribution in [3.05, 3.63) is 81.9 Å². The van der Waals surface area contributed by atoms with Gasteiger partial charge in [0, 0.05) is 29.4 Å². The maximum Gasteiger partial charge on any atom is 0.254 e. The first-order valence-electron chi connectivity index (χ1n) is 11.2. The summed E-state index contributed by atoms with van der Waals surface area (Å²) in [6.07, 6.45) is 3.22. The second kappa shape index (κ2) is 9.74. The number of benzene rings is 1. The van der Waals surface area contributed by atoms with Crippen LogP contribution in [0.4, 0.5) is 0 Å². The maximum atomic E-state index is 13.7. The summed E-state index contributed by atoms with van der Waals surface area (Å²) in [4.78, 5) is 30.1. The van der Waals surface area contributed by atoms with E-state index in [1.807, 2.05) is 65.7 Å². The van der Waals surface area contributed by atoms with Crippen LogP contribution in [0.1, 0.15) is 65.7 Å². The smallest absolute Gasteiger partial charge is 0.254 e. The molecule has 0 fully saturated rings. The maximum absolute atomic E-state index is 13.7. The minimum atomic E-state index is -0.452. The van der Waals surface area contributed by atoms with Crippen LogP contribution in [0.15, 0.2) is 64.6 Å². The molecule has 32 heavy (non-hydrogen) atoms. The highest BCUT2D eigenvalue weighted by Crippen LogP contribution is 2.44. The topological polar surface area (TPSA) is 62.6 Å². The number of nitrogens with one attached hydrogen (secondary N) is 1. The summed E-state index contributed by atoms with van der Waals surface area (Å²) in [5.41, 5.74) is 1.44. The fourth-order valence-electron chi connectivity index (χ4n) is 4.46. The Balaban J connectivity index is 1.65. The SMILES string of the molecule is CC(C)CN1C(=O)c2ccccc2[C@H](C(=O)N[C@@H](C)CCc2ccco2)[C@@H]1c1cccs1. The molecule has 1 aromatic carbocycles. The summed E-state index contributed by atoms with van der Waals surface area (Å²) in [5.74, 6) is 0.723. The van der Waals surface area contributed by atoms with Gasteiger partial charge in [0.05, 0.1) is 18.2 Å². The van der Waals surface area contributed by atoms with Crippen molar-refractivity contribution < 1.29 is 14.0 Å². The lowest BCUT2D eigenvalue weighted by Crippen LogP contribution is -2.49. The number of nitrogens with zero attached hydrogens (tertiary/aromatic N) is 1. The van der Waals surface area contributed by atoms with Gasteiger partial charge >= 0.3 is 0 Å². The van der Waals surface area contributed by atoms with Crippen LogP contribution in [0.2, 0.25) is 0 Å². The van der Waals surface area contributed by atoms with Crippen LogP contribution >= 0.6 is 11.3 Å². The zero-order chi connectivity index (χ0) is 22.7. The molecule has 6 heteroatoms. The minimum Gasteiger partial charge on any atom is -0.469 e. The second-order valence-electron chi connectivity index (χ2n) is 8.90. The van der Waals surface area contributed by atoms with E-state index in [4.69, 9.17) is 4.42 Å². The van der Waals surface area contributed by atoms with Crippen molar-refractivity contribution in [2.24, 2.45) is 5.92 Å². The number of furan rings is 1. The molecule has 2 aromatic heterocycles. The van der Waals surface area contributed by atoms with Crippen LogP contribution in [-0.4, -0.2) is 29.3 Å². The first kappa shape index (κ1) is 22.3. The zero-order valence-corrected chi connectivity index (χ0v) is 19.6. The lowest BCUT2D eigenvalue weighted by molar-refractivity contribution is -0.124. The van der Waals surface area contributed by atoms with Crippen molar-refractivity contribution in [2.75, 3.05) is 6.54 Å². The van der Waals surface area contributed by atoms with Crippen molar-refractivity contribution >= 4 is 23.2 Å². The Morgan fingerprint density at radius 3 is 2.62 bits per heavy atom. The molecule has 5 nitrogen and oxygen atoms in total. The Morgan fingerprint density at radius 2 is 1.94 bits per heavy atom. The van der Waals surface area contributed by atoms with Crippen molar-refractivity contribution in [1.82, 2.24) is 10.2 Å². The third kappa shape index (κ3) is 4.65. The molecule has 4 rings (SSSR count). The van der Waals surface area contributed by atoms with Crippen molar-refractivity contribution in [3.63, 3.8) is 0 Å². The van der Waals surface area contributed by atoms with E-state index in [1.165, 1.54) is 0 Å². The summed E-state index contributed by atoms with van der Waals surface area (Å²) in [5, 5.41) is 5.23. The van der Waals surface area contributed by atoms with Crippen molar-refractivity contribution in [2.45, 2.75) is 51.6 Å². The third-order valence-electron chi connectivity index (χ3n) is 5.91. The Labute approximate surface area is 193 Å². The van der Waals surface area contributed by atoms with Gasteiger partial charge in [-0.15, -0.1) is 11.3 Å². The van der Waals surface area contributed by atoms with Gasteiger partial charge < -0.3 is 14.6 Å². The van der Waals surface area contributed by atoms with Gasteiger partial charge in [-0.05, 0) is 54.5 Å². The highest BCUT2D eigenvalue weighted by atomic mass is 32.1. The lowest BCUT2D eigenvalue weighted by atomic mass is 9.81. The molecule has 1 N–H and O–H groups in total.